The van der Waals surface area contributed by atoms with Crippen LogP contribution in [0.4, 0.5) is 0 Å². The molecule has 0 saturated heterocycles. The maximum atomic E-state index is 3.66. The molecule has 0 radical (unpaired) electrons. The molecule has 2 heteroatoms. The Morgan fingerprint density at radius 2 is 1.86 bits per heavy atom. The van der Waals surface area contributed by atoms with Gasteiger partial charge >= 0.3 is 16.5 Å². The van der Waals surface area contributed by atoms with Crippen molar-refractivity contribution in [2.45, 2.75) is 4.05 Å². The van der Waals surface area contributed by atoms with Gasteiger partial charge in [0.15, 0.2) is 0 Å². The minimum atomic E-state index is 0.0618. The lowest BCUT2D eigenvalue weighted by Crippen LogP contribution is -1.84. The Balaban J connectivity index is 3.36. The third-order valence-corrected chi connectivity index (χ3v) is 4.86. The molecule has 0 aromatic carbocycles. The zero-order valence-electron chi connectivity index (χ0n) is 4.23. The average Bonchev–Trinajstić information content (AvgIpc) is 1.72. The number of rotatable bonds is 3. The summed E-state index contributed by atoms with van der Waals surface area (Å²) >= 11 is 2.51. The van der Waals surface area contributed by atoms with Gasteiger partial charge in [0, 0.05) is 0 Å². The van der Waals surface area contributed by atoms with E-state index in [2.05, 4.69) is 32.0 Å². The molecule has 0 bridgehead atoms. The quantitative estimate of drug-likeness (QED) is 0.387. The van der Waals surface area contributed by atoms with Gasteiger partial charge in [0.05, 0.1) is 0 Å². The van der Waals surface area contributed by atoms with E-state index < -0.39 is 0 Å². The fraction of sp³-hybridized carbons (Fsp3) is 0.200. The lowest BCUT2D eigenvalue weighted by molar-refractivity contribution is 1.40. The second-order valence-corrected chi connectivity index (χ2v) is 5.18. The van der Waals surface area contributed by atoms with E-state index in [1.807, 2.05) is 12.2 Å². The van der Waals surface area contributed by atoms with Gasteiger partial charge in [-0.3, -0.25) is 18.9 Å². The van der Waals surface area contributed by atoms with Crippen molar-refractivity contribution in [2.75, 3.05) is 0 Å². The Kier molecular flexibility index (Phi) is 5.83. The Labute approximate surface area is 64.2 Å². The summed E-state index contributed by atoms with van der Waals surface area (Å²) in [5.74, 6) is 0. The fourth-order valence-corrected chi connectivity index (χ4v) is 2.63. The second kappa shape index (κ2) is 5.12. The first-order valence-corrected chi connectivity index (χ1v) is 8.09. The molecule has 0 saturated carbocycles. The van der Waals surface area contributed by atoms with Crippen LogP contribution in [0.15, 0.2) is 25.3 Å². The SMILES string of the molecule is C=C[CH](C=C)[Mg][I]. The van der Waals surface area contributed by atoms with Gasteiger partial charge in [0.25, 0.3) is 0 Å². The third kappa shape index (κ3) is 3.55. The highest BCUT2D eigenvalue weighted by Crippen LogP contribution is 2.06. The summed E-state index contributed by atoms with van der Waals surface area (Å²) in [5.41, 5.74) is 0. The van der Waals surface area contributed by atoms with Crippen molar-refractivity contribution in [1.82, 2.24) is 0 Å². The maximum Gasteiger partial charge on any atom is 0.476 e. The van der Waals surface area contributed by atoms with Crippen molar-refractivity contribution in [1.29, 1.82) is 0 Å². The minimum Gasteiger partial charge on any atom is -0.300 e. The van der Waals surface area contributed by atoms with E-state index in [1.165, 1.54) is 0 Å². The summed E-state index contributed by atoms with van der Waals surface area (Å²) in [5, 5.41) is 0. The van der Waals surface area contributed by atoms with E-state index in [0.29, 0.717) is 4.05 Å². The summed E-state index contributed by atoms with van der Waals surface area (Å²) < 4.78 is 0.639. The predicted molar refractivity (Wildman–Crippen MR) is 43.9 cm³/mol. The molecular weight excluding hydrogens is 211 g/mol. The molecule has 7 heavy (non-hydrogen) atoms. The molecule has 0 aromatic rings. The normalized spacial score (nSPS) is 7.71. The molecule has 0 nitrogen and oxygen atoms in total. The summed E-state index contributed by atoms with van der Waals surface area (Å²) in [6.07, 6.45) is 3.93. The first kappa shape index (κ1) is 7.98. The van der Waals surface area contributed by atoms with Gasteiger partial charge < -0.3 is 0 Å². The van der Waals surface area contributed by atoms with Crippen LogP contribution in [0.3, 0.4) is 0 Å². The summed E-state index contributed by atoms with van der Waals surface area (Å²) in [6.45, 7) is 7.32. The Bertz CT molecular complexity index is 62.5. The Morgan fingerprint density at radius 3 is 1.86 bits per heavy atom. The molecule has 0 fully saturated rings. The molecule has 0 heterocycles. The van der Waals surface area contributed by atoms with Crippen LogP contribution in [-0.4, -0.2) is 16.5 Å². The van der Waals surface area contributed by atoms with Crippen LogP contribution in [0.2, 0.25) is 4.05 Å². The van der Waals surface area contributed by atoms with Crippen molar-refractivity contribution >= 4 is 35.3 Å². The van der Waals surface area contributed by atoms with Crippen molar-refractivity contribution in [2.24, 2.45) is 0 Å². The highest BCUT2D eigenvalue weighted by molar-refractivity contribution is 14.1. The van der Waals surface area contributed by atoms with Gasteiger partial charge in [-0.2, -0.15) is 0 Å². The topological polar surface area (TPSA) is 0 Å². The zero-order valence-corrected chi connectivity index (χ0v) is 7.80. The van der Waals surface area contributed by atoms with E-state index in [0.717, 1.165) is 0 Å². The summed E-state index contributed by atoms with van der Waals surface area (Å²) in [6, 6.07) is 0. The van der Waals surface area contributed by atoms with Crippen LogP contribution in [0.1, 0.15) is 0 Å². The van der Waals surface area contributed by atoms with Gasteiger partial charge in [-0.15, -0.1) is 25.3 Å². The van der Waals surface area contributed by atoms with E-state index in [9.17, 15) is 0 Å². The Hall–Kier alpha value is 0.976. The monoisotopic (exact) mass is 218 g/mol. The van der Waals surface area contributed by atoms with Crippen LogP contribution >= 0.6 is 18.9 Å². The molecule has 0 unspecified atom stereocenters. The standard InChI is InChI=1S/C5H7.HI.Mg/c1-3-5-4-2;;/h3-5H,1-2H2;1H;/q;;+1/p-1. The van der Waals surface area contributed by atoms with E-state index in [-0.39, 0.29) is 16.5 Å². The van der Waals surface area contributed by atoms with Crippen LogP contribution in [-0.2, 0) is 0 Å². The largest absolute Gasteiger partial charge is 0.476 e. The smallest absolute Gasteiger partial charge is 0.300 e. The molecule has 0 rings (SSSR count). The molecular formula is C5H7IMg. The maximum absolute atomic E-state index is 3.66. The summed E-state index contributed by atoms with van der Waals surface area (Å²) in [7, 11) is 0. The molecule has 0 atom stereocenters. The Morgan fingerprint density at radius 1 is 1.43 bits per heavy atom. The van der Waals surface area contributed by atoms with E-state index in [4.69, 9.17) is 0 Å². The van der Waals surface area contributed by atoms with Crippen molar-refractivity contribution in [3.8, 4) is 0 Å². The van der Waals surface area contributed by atoms with E-state index >= 15 is 0 Å². The first-order chi connectivity index (χ1) is 3.35. The number of hydrogen-bond acceptors (Lipinski definition) is 0. The molecule has 0 aliphatic rings. The molecule has 0 aliphatic carbocycles. The molecule has 0 amide bonds. The van der Waals surface area contributed by atoms with Crippen LogP contribution in [0.5, 0.6) is 0 Å². The van der Waals surface area contributed by atoms with Gasteiger partial charge in [0.2, 0.25) is 0 Å². The van der Waals surface area contributed by atoms with Gasteiger partial charge in [-0.1, -0.05) is 4.05 Å². The number of allylic oxidation sites excluding steroid dienone is 2. The zero-order chi connectivity index (χ0) is 5.70. The van der Waals surface area contributed by atoms with Gasteiger partial charge in [0.1, 0.15) is 0 Å². The van der Waals surface area contributed by atoms with Gasteiger partial charge in [-0.05, 0) is 0 Å². The highest BCUT2D eigenvalue weighted by Gasteiger charge is 1.97. The lowest BCUT2D eigenvalue weighted by Gasteiger charge is -1.93. The fourth-order valence-electron chi connectivity index (χ4n) is 0.222. The number of halogens is 1. The molecule has 0 spiro atoms. The molecule has 0 aliphatic heterocycles. The third-order valence-electron chi connectivity index (χ3n) is 0.784. The van der Waals surface area contributed by atoms with Crippen LogP contribution in [0, 0.1) is 0 Å². The van der Waals surface area contributed by atoms with Crippen LogP contribution in [0.25, 0.3) is 0 Å². The molecule has 36 valence electrons. The van der Waals surface area contributed by atoms with Crippen molar-refractivity contribution < 1.29 is 0 Å². The minimum absolute atomic E-state index is 0.0618. The highest BCUT2D eigenvalue weighted by atomic mass is 127. The number of hydrogen-bond donors (Lipinski definition) is 0. The average molecular weight is 218 g/mol. The lowest BCUT2D eigenvalue weighted by atomic mass is 10.4. The van der Waals surface area contributed by atoms with Crippen molar-refractivity contribution in [3.05, 3.63) is 25.3 Å². The molecule has 0 aromatic heterocycles. The predicted octanol–water partition coefficient (Wildman–Crippen LogP) is 2.20. The second-order valence-electron chi connectivity index (χ2n) is 1.29. The first-order valence-electron chi connectivity index (χ1n) is 2.16. The van der Waals surface area contributed by atoms with Crippen LogP contribution < -0.4 is 0 Å². The van der Waals surface area contributed by atoms with Gasteiger partial charge in [-0.25, -0.2) is 0 Å². The van der Waals surface area contributed by atoms with E-state index in [1.54, 1.807) is 0 Å². The molecule has 0 N–H and O–H groups in total. The van der Waals surface area contributed by atoms with Crippen molar-refractivity contribution in [3.63, 3.8) is 0 Å². The summed E-state index contributed by atoms with van der Waals surface area (Å²) in [4.78, 5) is 0.